The molecule has 1 N–H and O–H groups in total. The molecule has 0 aliphatic heterocycles. The van der Waals surface area contributed by atoms with Crippen molar-refractivity contribution in [2.45, 2.75) is 6.54 Å². The second kappa shape index (κ2) is 5.83. The molecule has 0 unspecified atom stereocenters. The molecule has 0 aliphatic carbocycles. The standard InChI is InChI=1S/C13H9ClF2N2O2/c14-9-4-11(16)6-12(5-9)17-7-8-3-10(15)1-2-13(8)18(19)20/h1-6,17H,7H2. The van der Waals surface area contributed by atoms with Gasteiger partial charge in [-0.05, 0) is 30.3 Å². The Balaban J connectivity index is 2.22. The Bertz CT molecular complexity index is 645. The SMILES string of the molecule is O=[N+]([O-])c1ccc(F)cc1CNc1cc(F)cc(Cl)c1. The van der Waals surface area contributed by atoms with Gasteiger partial charge in [0.05, 0.1) is 10.5 Å². The van der Waals surface area contributed by atoms with E-state index in [0.717, 1.165) is 24.3 Å². The molecule has 2 aromatic rings. The Labute approximate surface area is 118 Å². The Morgan fingerprint density at radius 3 is 2.55 bits per heavy atom. The highest BCUT2D eigenvalue weighted by atomic mass is 35.5. The summed E-state index contributed by atoms with van der Waals surface area (Å²) in [5.41, 5.74) is 0.311. The van der Waals surface area contributed by atoms with Crippen molar-refractivity contribution in [3.63, 3.8) is 0 Å². The average molecular weight is 299 g/mol. The molecule has 0 heterocycles. The number of nitrogens with one attached hydrogen (secondary N) is 1. The van der Waals surface area contributed by atoms with Crippen LogP contribution in [0.25, 0.3) is 0 Å². The van der Waals surface area contributed by atoms with Crippen molar-refractivity contribution in [3.05, 3.63) is 68.7 Å². The maximum Gasteiger partial charge on any atom is 0.274 e. The van der Waals surface area contributed by atoms with Crippen LogP contribution >= 0.6 is 11.6 Å². The maximum absolute atomic E-state index is 13.1. The van der Waals surface area contributed by atoms with E-state index < -0.39 is 16.6 Å². The van der Waals surface area contributed by atoms with E-state index in [2.05, 4.69) is 5.32 Å². The van der Waals surface area contributed by atoms with Gasteiger partial charge in [-0.2, -0.15) is 0 Å². The molecule has 2 aromatic carbocycles. The zero-order valence-corrected chi connectivity index (χ0v) is 10.8. The first-order chi connectivity index (χ1) is 9.45. The van der Waals surface area contributed by atoms with Gasteiger partial charge in [-0.15, -0.1) is 0 Å². The number of hydrogen-bond donors (Lipinski definition) is 1. The van der Waals surface area contributed by atoms with E-state index >= 15 is 0 Å². The summed E-state index contributed by atoms with van der Waals surface area (Å²) in [7, 11) is 0. The van der Waals surface area contributed by atoms with Gasteiger partial charge in [0.1, 0.15) is 11.6 Å². The highest BCUT2D eigenvalue weighted by Gasteiger charge is 2.14. The van der Waals surface area contributed by atoms with Crippen LogP contribution in [-0.4, -0.2) is 4.92 Å². The predicted molar refractivity (Wildman–Crippen MR) is 71.8 cm³/mol. The molecule has 0 amide bonds. The van der Waals surface area contributed by atoms with Gasteiger partial charge >= 0.3 is 0 Å². The first-order valence-corrected chi connectivity index (χ1v) is 5.96. The van der Waals surface area contributed by atoms with Gasteiger partial charge in [-0.1, -0.05) is 11.6 Å². The van der Waals surface area contributed by atoms with E-state index in [1.54, 1.807) is 0 Å². The lowest BCUT2D eigenvalue weighted by atomic mass is 10.1. The first kappa shape index (κ1) is 14.2. The Hall–Kier alpha value is -2.21. The molecular weight excluding hydrogens is 290 g/mol. The van der Waals surface area contributed by atoms with Crippen molar-refractivity contribution in [2.24, 2.45) is 0 Å². The van der Waals surface area contributed by atoms with Gasteiger partial charge in [0.15, 0.2) is 0 Å². The summed E-state index contributed by atoms with van der Waals surface area (Å²) in [5.74, 6) is -1.11. The molecular formula is C13H9ClF2N2O2. The van der Waals surface area contributed by atoms with Gasteiger partial charge in [0, 0.05) is 23.3 Å². The molecule has 0 aliphatic rings. The van der Waals surface area contributed by atoms with Crippen LogP contribution in [0.5, 0.6) is 0 Å². The molecule has 0 saturated heterocycles. The Morgan fingerprint density at radius 1 is 1.15 bits per heavy atom. The summed E-state index contributed by atoms with van der Waals surface area (Å²) in [5, 5.41) is 13.8. The molecule has 0 saturated carbocycles. The normalized spacial score (nSPS) is 10.3. The number of rotatable bonds is 4. The Morgan fingerprint density at radius 2 is 1.90 bits per heavy atom. The van der Waals surface area contributed by atoms with Crippen molar-refractivity contribution in [1.29, 1.82) is 0 Å². The van der Waals surface area contributed by atoms with E-state index in [1.807, 2.05) is 0 Å². The lowest BCUT2D eigenvalue weighted by Gasteiger charge is -2.08. The molecule has 2 rings (SSSR count). The minimum absolute atomic E-state index is 0.0200. The van der Waals surface area contributed by atoms with Crippen molar-refractivity contribution >= 4 is 23.0 Å². The number of nitro benzene ring substituents is 1. The van der Waals surface area contributed by atoms with E-state index in [1.165, 1.54) is 12.1 Å². The molecule has 0 fully saturated rings. The third-order valence-corrected chi connectivity index (χ3v) is 2.80. The van der Waals surface area contributed by atoms with Crippen LogP contribution in [0.1, 0.15) is 5.56 Å². The van der Waals surface area contributed by atoms with Gasteiger partial charge in [-0.3, -0.25) is 10.1 Å². The van der Waals surface area contributed by atoms with Crippen molar-refractivity contribution in [2.75, 3.05) is 5.32 Å². The van der Waals surface area contributed by atoms with Crippen LogP contribution in [-0.2, 0) is 6.54 Å². The molecule has 104 valence electrons. The van der Waals surface area contributed by atoms with E-state index in [-0.39, 0.29) is 22.8 Å². The van der Waals surface area contributed by atoms with Crippen LogP contribution < -0.4 is 5.32 Å². The summed E-state index contributed by atoms with van der Waals surface area (Å²) in [6.07, 6.45) is 0. The molecule has 0 atom stereocenters. The van der Waals surface area contributed by atoms with Crippen LogP contribution in [0.4, 0.5) is 20.2 Å². The zero-order valence-electron chi connectivity index (χ0n) is 10.1. The fraction of sp³-hybridized carbons (Fsp3) is 0.0769. The molecule has 4 nitrogen and oxygen atoms in total. The minimum Gasteiger partial charge on any atom is -0.381 e. The summed E-state index contributed by atoms with van der Waals surface area (Å²) < 4.78 is 26.3. The highest BCUT2D eigenvalue weighted by molar-refractivity contribution is 6.30. The number of nitrogens with zero attached hydrogens (tertiary/aromatic N) is 1. The number of halogens is 3. The quantitative estimate of drug-likeness (QED) is 0.682. The number of nitro groups is 1. The number of anilines is 1. The van der Waals surface area contributed by atoms with Gasteiger partial charge in [-0.25, -0.2) is 8.78 Å². The van der Waals surface area contributed by atoms with Crippen molar-refractivity contribution in [3.8, 4) is 0 Å². The summed E-state index contributed by atoms with van der Waals surface area (Å²) in [6.45, 7) is -0.0200. The highest BCUT2D eigenvalue weighted by Crippen LogP contribution is 2.22. The largest absolute Gasteiger partial charge is 0.381 e. The van der Waals surface area contributed by atoms with Gasteiger partial charge in [0.2, 0.25) is 0 Å². The minimum atomic E-state index is -0.602. The number of hydrogen-bond acceptors (Lipinski definition) is 3. The molecule has 0 spiro atoms. The molecule has 7 heteroatoms. The van der Waals surface area contributed by atoms with Gasteiger partial charge in [0.25, 0.3) is 5.69 Å². The smallest absolute Gasteiger partial charge is 0.274 e. The zero-order chi connectivity index (χ0) is 14.7. The third kappa shape index (κ3) is 3.42. The van der Waals surface area contributed by atoms with Crippen LogP contribution in [0.3, 0.4) is 0 Å². The van der Waals surface area contributed by atoms with Crippen molar-refractivity contribution in [1.82, 2.24) is 0 Å². The Kier molecular flexibility index (Phi) is 4.14. The van der Waals surface area contributed by atoms with E-state index in [4.69, 9.17) is 11.6 Å². The topological polar surface area (TPSA) is 55.2 Å². The molecule has 0 radical (unpaired) electrons. The monoisotopic (exact) mass is 298 g/mol. The summed E-state index contributed by atoms with van der Waals surface area (Å²) in [4.78, 5) is 10.2. The fourth-order valence-electron chi connectivity index (χ4n) is 1.73. The second-order valence-corrected chi connectivity index (χ2v) is 4.48. The predicted octanol–water partition coefficient (Wildman–Crippen LogP) is 4.14. The first-order valence-electron chi connectivity index (χ1n) is 5.58. The fourth-order valence-corrected chi connectivity index (χ4v) is 1.95. The second-order valence-electron chi connectivity index (χ2n) is 4.04. The molecule has 20 heavy (non-hydrogen) atoms. The summed E-state index contributed by atoms with van der Waals surface area (Å²) in [6, 6.07) is 6.96. The lowest BCUT2D eigenvalue weighted by molar-refractivity contribution is -0.385. The lowest BCUT2D eigenvalue weighted by Crippen LogP contribution is -2.04. The average Bonchev–Trinajstić information content (AvgIpc) is 2.35. The van der Waals surface area contributed by atoms with Gasteiger partial charge < -0.3 is 5.32 Å². The van der Waals surface area contributed by atoms with E-state index in [9.17, 15) is 18.9 Å². The summed E-state index contributed by atoms with van der Waals surface area (Å²) >= 11 is 5.69. The molecule has 0 aromatic heterocycles. The van der Waals surface area contributed by atoms with Crippen LogP contribution in [0, 0.1) is 21.7 Å². The van der Waals surface area contributed by atoms with Crippen molar-refractivity contribution < 1.29 is 13.7 Å². The molecule has 0 bridgehead atoms. The number of benzene rings is 2. The van der Waals surface area contributed by atoms with Crippen LogP contribution in [0.15, 0.2) is 36.4 Å². The maximum atomic E-state index is 13.1. The third-order valence-electron chi connectivity index (χ3n) is 2.58. The van der Waals surface area contributed by atoms with E-state index in [0.29, 0.717) is 5.69 Å². The van der Waals surface area contributed by atoms with Crippen LogP contribution in [0.2, 0.25) is 5.02 Å².